The minimum Gasteiger partial charge on any atom is -0.294 e. The number of hydrogen-bond donors (Lipinski definition) is 2. The molecule has 84 valence electrons. The van der Waals surface area contributed by atoms with Crippen molar-refractivity contribution in [3.8, 4) is 6.07 Å². The Kier molecular flexibility index (Phi) is 3.06. The van der Waals surface area contributed by atoms with Crippen LogP contribution in [0.4, 0.5) is 0 Å². The first-order valence-corrected chi connectivity index (χ1v) is 6.13. The number of benzene rings is 1. The van der Waals surface area contributed by atoms with E-state index in [-0.39, 0.29) is 6.04 Å². The average molecular weight is 236 g/mol. The third-order valence-corrected chi connectivity index (χ3v) is 3.38. The molecule has 16 heavy (non-hydrogen) atoms. The highest BCUT2D eigenvalue weighted by Crippen LogP contribution is 2.34. The van der Waals surface area contributed by atoms with Crippen LogP contribution in [0.5, 0.6) is 0 Å². The Balaban J connectivity index is 2.40. The zero-order valence-corrected chi connectivity index (χ0v) is 9.67. The van der Waals surface area contributed by atoms with Gasteiger partial charge in [-0.3, -0.25) is 4.55 Å². The molecule has 5 heteroatoms. The fourth-order valence-electron chi connectivity index (χ4n) is 2.33. The van der Waals surface area contributed by atoms with Gasteiger partial charge in [0.1, 0.15) is 0 Å². The maximum absolute atomic E-state index is 10.7. The molecule has 1 aromatic carbocycles. The van der Waals surface area contributed by atoms with Crippen molar-refractivity contribution >= 4 is 11.3 Å². The molecular weight excluding hydrogens is 224 g/mol. The van der Waals surface area contributed by atoms with Crippen molar-refractivity contribution in [2.24, 2.45) is 0 Å². The summed E-state index contributed by atoms with van der Waals surface area (Å²) < 4.78 is 22.2. The second-order valence-corrected chi connectivity index (χ2v) is 4.67. The minimum absolute atomic E-state index is 0.0754. The van der Waals surface area contributed by atoms with E-state index in [1.54, 1.807) is 0 Å². The number of rotatable bonds is 2. The molecule has 0 heterocycles. The van der Waals surface area contributed by atoms with Crippen LogP contribution in [0.3, 0.4) is 0 Å². The van der Waals surface area contributed by atoms with Gasteiger partial charge in [0.2, 0.25) is 11.3 Å². The minimum atomic E-state index is -1.99. The molecule has 0 fully saturated rings. The van der Waals surface area contributed by atoms with Gasteiger partial charge >= 0.3 is 0 Å². The van der Waals surface area contributed by atoms with Crippen molar-refractivity contribution in [1.82, 2.24) is 4.72 Å². The third kappa shape index (κ3) is 2.00. The molecule has 0 bridgehead atoms. The normalized spacial score (nSPS) is 20.2. The van der Waals surface area contributed by atoms with E-state index in [1.807, 2.05) is 19.1 Å². The number of nitriles is 1. The highest BCUT2D eigenvalue weighted by molar-refractivity contribution is 7.77. The Morgan fingerprint density at radius 3 is 3.00 bits per heavy atom. The topological polar surface area (TPSA) is 73.1 Å². The molecule has 2 N–H and O–H groups in total. The standard InChI is InChI=1S/C11H12N2O2S/c1-7-4-8(6-12)5-9-2-3-10(11(7)9)13-16(14)15/h4-5,10,13H,2-3H2,1H3,(H,14,15). The van der Waals surface area contributed by atoms with Crippen LogP contribution in [0, 0.1) is 18.3 Å². The highest BCUT2D eigenvalue weighted by Gasteiger charge is 2.25. The van der Waals surface area contributed by atoms with Gasteiger partial charge in [-0.2, -0.15) is 5.26 Å². The van der Waals surface area contributed by atoms with Gasteiger partial charge in [0.05, 0.1) is 11.6 Å². The largest absolute Gasteiger partial charge is 0.294 e. The molecule has 1 aromatic rings. The molecule has 1 aliphatic rings. The number of nitrogens with one attached hydrogen (secondary N) is 1. The third-order valence-electron chi connectivity index (χ3n) is 2.90. The Labute approximate surface area is 96.7 Å². The van der Waals surface area contributed by atoms with Gasteiger partial charge in [-0.25, -0.2) is 8.93 Å². The summed E-state index contributed by atoms with van der Waals surface area (Å²) in [5.74, 6) is 0. The van der Waals surface area contributed by atoms with Crippen molar-refractivity contribution in [3.05, 3.63) is 34.4 Å². The molecule has 0 saturated carbocycles. The molecular formula is C11H12N2O2S. The van der Waals surface area contributed by atoms with Crippen molar-refractivity contribution < 1.29 is 8.76 Å². The molecule has 0 aliphatic heterocycles. The second-order valence-electron chi connectivity index (χ2n) is 3.94. The van der Waals surface area contributed by atoms with E-state index in [9.17, 15) is 4.21 Å². The van der Waals surface area contributed by atoms with Crippen molar-refractivity contribution in [2.75, 3.05) is 0 Å². The SMILES string of the molecule is Cc1cc(C#N)cc2c1C(NS(=O)O)CC2. The van der Waals surface area contributed by atoms with Crippen molar-refractivity contribution in [2.45, 2.75) is 25.8 Å². The van der Waals surface area contributed by atoms with Gasteiger partial charge in [-0.1, -0.05) is 0 Å². The maximum Gasteiger partial charge on any atom is 0.232 e. The average Bonchev–Trinajstić information content (AvgIpc) is 2.60. The van der Waals surface area contributed by atoms with E-state index in [4.69, 9.17) is 9.81 Å². The summed E-state index contributed by atoms with van der Waals surface area (Å²) in [4.78, 5) is 0. The molecule has 0 amide bonds. The van der Waals surface area contributed by atoms with Crippen LogP contribution in [0.15, 0.2) is 12.1 Å². The lowest BCUT2D eigenvalue weighted by atomic mass is 9.99. The van der Waals surface area contributed by atoms with E-state index in [0.717, 1.165) is 29.5 Å². The Morgan fingerprint density at radius 2 is 2.38 bits per heavy atom. The van der Waals surface area contributed by atoms with Crippen LogP contribution in [0.25, 0.3) is 0 Å². The Hall–Kier alpha value is -1.22. The van der Waals surface area contributed by atoms with Crippen LogP contribution in [-0.4, -0.2) is 8.76 Å². The summed E-state index contributed by atoms with van der Waals surface area (Å²) in [5.41, 5.74) is 3.84. The molecule has 1 aliphatic carbocycles. The molecule has 2 unspecified atom stereocenters. The van der Waals surface area contributed by atoms with E-state index < -0.39 is 11.3 Å². The van der Waals surface area contributed by atoms with Crippen LogP contribution < -0.4 is 4.72 Å². The number of hydrogen-bond acceptors (Lipinski definition) is 2. The fourth-order valence-corrected chi connectivity index (χ4v) is 2.80. The zero-order chi connectivity index (χ0) is 11.7. The monoisotopic (exact) mass is 236 g/mol. The number of nitrogens with zero attached hydrogens (tertiary/aromatic N) is 1. The smallest absolute Gasteiger partial charge is 0.232 e. The summed E-state index contributed by atoms with van der Waals surface area (Å²) in [6.07, 6.45) is 1.65. The van der Waals surface area contributed by atoms with Crippen molar-refractivity contribution in [1.29, 1.82) is 5.26 Å². The molecule has 0 saturated heterocycles. The lowest BCUT2D eigenvalue weighted by Crippen LogP contribution is -2.21. The van der Waals surface area contributed by atoms with Crippen LogP contribution in [0.2, 0.25) is 0 Å². The van der Waals surface area contributed by atoms with Crippen LogP contribution >= 0.6 is 0 Å². The summed E-state index contributed by atoms with van der Waals surface area (Å²) in [6.45, 7) is 1.93. The Morgan fingerprint density at radius 1 is 1.62 bits per heavy atom. The van der Waals surface area contributed by atoms with Gasteiger partial charge < -0.3 is 0 Å². The molecule has 2 rings (SSSR count). The van der Waals surface area contributed by atoms with Gasteiger partial charge in [0.25, 0.3) is 0 Å². The van der Waals surface area contributed by atoms with Gasteiger partial charge in [-0.05, 0) is 48.6 Å². The lowest BCUT2D eigenvalue weighted by Gasteiger charge is -2.13. The first-order chi connectivity index (χ1) is 7.61. The van der Waals surface area contributed by atoms with Crippen LogP contribution in [-0.2, 0) is 17.7 Å². The van der Waals surface area contributed by atoms with Crippen molar-refractivity contribution in [3.63, 3.8) is 0 Å². The van der Waals surface area contributed by atoms with Gasteiger partial charge in [0.15, 0.2) is 0 Å². The summed E-state index contributed by atoms with van der Waals surface area (Å²) >= 11 is -1.99. The van der Waals surface area contributed by atoms with E-state index >= 15 is 0 Å². The first-order valence-electron chi connectivity index (χ1n) is 5.02. The molecule has 0 spiro atoms. The second kappa shape index (κ2) is 4.34. The predicted molar refractivity (Wildman–Crippen MR) is 60.9 cm³/mol. The summed E-state index contributed by atoms with van der Waals surface area (Å²) in [5, 5.41) is 8.85. The molecule has 4 nitrogen and oxygen atoms in total. The summed E-state index contributed by atoms with van der Waals surface area (Å²) in [6, 6.07) is 5.73. The van der Waals surface area contributed by atoms with E-state index in [0.29, 0.717) is 5.56 Å². The molecule has 0 aromatic heterocycles. The summed E-state index contributed by atoms with van der Waals surface area (Å²) in [7, 11) is 0. The maximum atomic E-state index is 10.7. The number of aryl methyl sites for hydroxylation is 2. The Bertz CT molecular complexity index is 493. The van der Waals surface area contributed by atoms with Crippen LogP contribution in [0.1, 0.15) is 34.7 Å². The number of fused-ring (bicyclic) bond motifs is 1. The quantitative estimate of drug-likeness (QED) is 0.766. The molecule has 0 radical (unpaired) electrons. The zero-order valence-electron chi connectivity index (χ0n) is 8.86. The van der Waals surface area contributed by atoms with Gasteiger partial charge in [0, 0.05) is 6.04 Å². The van der Waals surface area contributed by atoms with E-state index in [1.165, 1.54) is 0 Å². The fraction of sp³-hybridized carbons (Fsp3) is 0.364. The van der Waals surface area contributed by atoms with Gasteiger partial charge in [-0.15, -0.1) is 0 Å². The first kappa shape index (κ1) is 11.3. The van der Waals surface area contributed by atoms with E-state index in [2.05, 4.69) is 10.8 Å². The highest BCUT2D eigenvalue weighted by atomic mass is 32.2. The molecule has 2 atom stereocenters. The predicted octanol–water partition coefficient (Wildman–Crippen LogP) is 1.58. The lowest BCUT2D eigenvalue weighted by molar-refractivity contribution is 0.525.